The Labute approximate surface area is 118 Å². The molecule has 1 N–H and O–H groups in total. The highest BCUT2D eigenvalue weighted by atomic mass is 32.1. The summed E-state index contributed by atoms with van der Waals surface area (Å²) in [5.74, 6) is 1.35. The van der Waals surface area contributed by atoms with Crippen molar-refractivity contribution in [2.45, 2.75) is 45.1 Å². The van der Waals surface area contributed by atoms with Crippen LogP contribution >= 0.6 is 11.5 Å². The zero-order valence-electron chi connectivity index (χ0n) is 11.6. The Morgan fingerprint density at radius 1 is 1.26 bits per heavy atom. The Kier molecular flexibility index (Phi) is 3.05. The van der Waals surface area contributed by atoms with Crippen molar-refractivity contribution in [3.8, 4) is 0 Å². The number of benzene rings is 1. The van der Waals surface area contributed by atoms with Crippen LogP contribution in [0.25, 0.3) is 0 Å². The lowest BCUT2D eigenvalue weighted by Crippen LogP contribution is -2.25. The van der Waals surface area contributed by atoms with Gasteiger partial charge in [0.15, 0.2) is 5.82 Å². The average molecular weight is 273 g/mol. The molecule has 3 rings (SSSR count). The Hall–Kier alpha value is -1.42. The van der Waals surface area contributed by atoms with E-state index >= 15 is 0 Å². The van der Waals surface area contributed by atoms with Gasteiger partial charge in [0.1, 0.15) is 0 Å². The second kappa shape index (κ2) is 4.60. The predicted octanol–water partition coefficient (Wildman–Crippen LogP) is 3.83. The van der Waals surface area contributed by atoms with Crippen molar-refractivity contribution in [1.29, 1.82) is 0 Å². The fourth-order valence-corrected chi connectivity index (χ4v) is 3.41. The van der Waals surface area contributed by atoms with Gasteiger partial charge in [-0.05, 0) is 44.7 Å². The lowest BCUT2D eigenvalue weighted by Gasteiger charge is -2.19. The summed E-state index contributed by atoms with van der Waals surface area (Å²) >= 11 is 1.47. The summed E-state index contributed by atoms with van der Waals surface area (Å²) in [6, 6.07) is 8.65. The lowest BCUT2D eigenvalue weighted by atomic mass is 10.0. The molecular weight excluding hydrogens is 254 g/mol. The molecule has 1 aliphatic rings. The molecule has 0 radical (unpaired) electrons. The number of aromatic nitrogens is 2. The summed E-state index contributed by atoms with van der Waals surface area (Å²) in [4.78, 5) is 4.67. The molecule has 1 aromatic heterocycles. The van der Waals surface area contributed by atoms with Crippen molar-refractivity contribution in [1.82, 2.24) is 9.36 Å². The number of hydrogen-bond donors (Lipinski definition) is 1. The second-order valence-electron chi connectivity index (χ2n) is 6.12. The molecule has 1 aromatic carbocycles. The Balaban J connectivity index is 1.85. The van der Waals surface area contributed by atoms with Crippen LogP contribution in [-0.4, -0.2) is 14.9 Å². The number of nitrogens with one attached hydrogen (secondary N) is 1. The molecule has 0 saturated heterocycles. The quantitative estimate of drug-likeness (QED) is 0.903. The van der Waals surface area contributed by atoms with Crippen LogP contribution in [0.4, 0.5) is 5.13 Å². The molecule has 1 unspecified atom stereocenters. The van der Waals surface area contributed by atoms with Crippen LogP contribution in [0.2, 0.25) is 0 Å². The highest BCUT2D eigenvalue weighted by Crippen LogP contribution is 2.37. The van der Waals surface area contributed by atoms with Crippen molar-refractivity contribution in [2.75, 3.05) is 5.32 Å². The van der Waals surface area contributed by atoms with Gasteiger partial charge in [-0.3, -0.25) is 0 Å². The molecule has 19 heavy (non-hydrogen) atoms. The molecule has 3 nitrogen and oxygen atoms in total. The van der Waals surface area contributed by atoms with E-state index < -0.39 is 0 Å². The van der Waals surface area contributed by atoms with Crippen LogP contribution in [0, 0.1) is 0 Å². The van der Waals surface area contributed by atoms with Crippen molar-refractivity contribution >= 4 is 16.7 Å². The fourth-order valence-electron chi connectivity index (χ4n) is 2.57. The van der Waals surface area contributed by atoms with Crippen LogP contribution < -0.4 is 5.32 Å². The van der Waals surface area contributed by atoms with Gasteiger partial charge in [-0.25, -0.2) is 4.98 Å². The third-order valence-corrected chi connectivity index (χ3v) is 4.01. The lowest BCUT2D eigenvalue weighted by molar-refractivity contribution is 0.632. The largest absolute Gasteiger partial charge is 0.356 e. The monoisotopic (exact) mass is 273 g/mol. The number of fused-ring (bicyclic) bond motifs is 1. The van der Waals surface area contributed by atoms with E-state index in [0.717, 1.165) is 23.8 Å². The van der Waals surface area contributed by atoms with Gasteiger partial charge in [-0.1, -0.05) is 24.3 Å². The summed E-state index contributed by atoms with van der Waals surface area (Å²) in [6.07, 6.45) is 2.27. The second-order valence-corrected chi connectivity index (χ2v) is 6.87. The maximum Gasteiger partial charge on any atom is 0.202 e. The molecule has 0 spiro atoms. The minimum Gasteiger partial charge on any atom is -0.356 e. The smallest absolute Gasteiger partial charge is 0.202 e. The van der Waals surface area contributed by atoms with E-state index in [2.05, 4.69) is 59.7 Å². The number of rotatable bonds is 2. The van der Waals surface area contributed by atoms with Crippen molar-refractivity contribution < 1.29 is 0 Å². The zero-order valence-corrected chi connectivity index (χ0v) is 12.4. The van der Waals surface area contributed by atoms with Crippen LogP contribution in [0.1, 0.15) is 50.1 Å². The average Bonchev–Trinajstić information content (AvgIpc) is 2.92. The van der Waals surface area contributed by atoms with Gasteiger partial charge in [0.2, 0.25) is 5.13 Å². The van der Waals surface area contributed by atoms with Gasteiger partial charge >= 0.3 is 0 Å². The molecule has 0 fully saturated rings. The Morgan fingerprint density at radius 2 is 2.05 bits per heavy atom. The summed E-state index contributed by atoms with van der Waals surface area (Å²) in [5.41, 5.74) is 2.89. The molecular formula is C15H19N3S. The maximum absolute atomic E-state index is 4.67. The third kappa shape index (κ3) is 2.63. The molecule has 0 aliphatic heterocycles. The maximum atomic E-state index is 4.67. The summed E-state index contributed by atoms with van der Waals surface area (Å²) in [7, 11) is 0. The van der Waals surface area contributed by atoms with Crippen LogP contribution in [0.5, 0.6) is 0 Å². The molecule has 1 heterocycles. The first kappa shape index (κ1) is 12.6. The SMILES string of the molecule is CC(C)(C)Nc1nc(C2CCc3ccccc32)ns1. The number of nitrogens with zero attached hydrogens (tertiary/aromatic N) is 2. The van der Waals surface area contributed by atoms with E-state index in [0.29, 0.717) is 5.92 Å². The molecule has 2 aromatic rings. The van der Waals surface area contributed by atoms with E-state index in [4.69, 9.17) is 0 Å². The van der Waals surface area contributed by atoms with Crippen molar-refractivity contribution in [3.63, 3.8) is 0 Å². The fraction of sp³-hybridized carbons (Fsp3) is 0.467. The predicted molar refractivity (Wildman–Crippen MR) is 79.9 cm³/mol. The molecule has 0 amide bonds. The molecule has 100 valence electrons. The molecule has 1 aliphatic carbocycles. The van der Waals surface area contributed by atoms with E-state index in [-0.39, 0.29) is 5.54 Å². The van der Waals surface area contributed by atoms with Gasteiger partial charge < -0.3 is 5.32 Å². The Bertz CT molecular complexity index is 583. The van der Waals surface area contributed by atoms with E-state index in [1.807, 2.05) is 0 Å². The highest BCUT2D eigenvalue weighted by Gasteiger charge is 2.27. The minimum atomic E-state index is 0.0321. The highest BCUT2D eigenvalue weighted by molar-refractivity contribution is 7.09. The van der Waals surface area contributed by atoms with Gasteiger partial charge in [-0.15, -0.1) is 0 Å². The standard InChI is InChI=1S/C15H19N3S/c1-15(2,3)17-14-16-13(18-19-14)12-9-8-10-6-4-5-7-11(10)12/h4-7,12H,8-9H2,1-3H3,(H,16,17,18). The van der Waals surface area contributed by atoms with Gasteiger partial charge in [0.25, 0.3) is 0 Å². The van der Waals surface area contributed by atoms with Gasteiger partial charge in [0, 0.05) is 23.0 Å². The number of hydrogen-bond acceptors (Lipinski definition) is 4. The van der Waals surface area contributed by atoms with E-state index in [1.165, 1.54) is 22.7 Å². The molecule has 0 saturated carbocycles. The van der Waals surface area contributed by atoms with E-state index in [1.54, 1.807) is 0 Å². The van der Waals surface area contributed by atoms with Crippen molar-refractivity contribution in [3.05, 3.63) is 41.2 Å². The topological polar surface area (TPSA) is 37.8 Å². The Morgan fingerprint density at radius 3 is 2.84 bits per heavy atom. The van der Waals surface area contributed by atoms with Gasteiger partial charge in [-0.2, -0.15) is 4.37 Å². The first-order valence-corrected chi connectivity index (χ1v) is 7.50. The third-order valence-electron chi connectivity index (χ3n) is 3.37. The van der Waals surface area contributed by atoms with Crippen LogP contribution in [0.15, 0.2) is 24.3 Å². The molecule has 1 atom stereocenters. The van der Waals surface area contributed by atoms with E-state index in [9.17, 15) is 0 Å². The molecule has 4 heteroatoms. The van der Waals surface area contributed by atoms with Crippen LogP contribution in [-0.2, 0) is 6.42 Å². The normalized spacial score (nSPS) is 18.4. The van der Waals surface area contributed by atoms with Gasteiger partial charge in [0.05, 0.1) is 0 Å². The van der Waals surface area contributed by atoms with Crippen molar-refractivity contribution in [2.24, 2.45) is 0 Å². The first-order valence-electron chi connectivity index (χ1n) is 6.72. The molecule has 0 bridgehead atoms. The summed E-state index contributed by atoms with van der Waals surface area (Å²) in [6.45, 7) is 6.41. The number of anilines is 1. The summed E-state index contributed by atoms with van der Waals surface area (Å²) in [5, 5.41) is 4.32. The van der Waals surface area contributed by atoms with Crippen LogP contribution in [0.3, 0.4) is 0 Å². The summed E-state index contributed by atoms with van der Waals surface area (Å²) < 4.78 is 4.55. The number of aryl methyl sites for hydroxylation is 1. The zero-order chi connectivity index (χ0) is 13.5. The first-order chi connectivity index (χ1) is 9.03. The minimum absolute atomic E-state index is 0.0321.